The summed E-state index contributed by atoms with van der Waals surface area (Å²) in [5, 5.41) is 23.5. The molecule has 1 amide bonds. The van der Waals surface area contributed by atoms with Gasteiger partial charge < -0.3 is 20.3 Å². The maximum Gasteiger partial charge on any atom is 0.266 e. The molecule has 1 atom stereocenters. The molecule has 1 aliphatic rings. The standard InChI is InChI=1S/C15H13NO4/c1-20-9-6-7-13(17)11(8-9)15(19)10-4-2-3-5-12(10)16-14(15)18/h2-8,17,19H,1H3,(H,16,18). The van der Waals surface area contributed by atoms with E-state index in [4.69, 9.17) is 4.74 Å². The predicted octanol–water partition coefficient (Wildman–Crippen LogP) is 1.59. The van der Waals surface area contributed by atoms with Gasteiger partial charge in [-0.25, -0.2) is 0 Å². The first-order valence-electron chi connectivity index (χ1n) is 6.08. The predicted molar refractivity (Wildman–Crippen MR) is 72.7 cm³/mol. The Bertz CT molecular complexity index is 698. The third kappa shape index (κ3) is 1.57. The van der Waals surface area contributed by atoms with Crippen molar-refractivity contribution in [2.75, 3.05) is 12.4 Å². The van der Waals surface area contributed by atoms with Gasteiger partial charge >= 0.3 is 0 Å². The molecule has 0 aromatic heterocycles. The zero-order chi connectivity index (χ0) is 14.3. The minimum Gasteiger partial charge on any atom is -0.508 e. The van der Waals surface area contributed by atoms with Crippen LogP contribution in [0, 0.1) is 0 Å². The van der Waals surface area contributed by atoms with Gasteiger partial charge in [-0.1, -0.05) is 18.2 Å². The number of para-hydroxylation sites is 1. The van der Waals surface area contributed by atoms with Crippen molar-refractivity contribution in [2.24, 2.45) is 0 Å². The Morgan fingerprint density at radius 2 is 1.90 bits per heavy atom. The number of anilines is 1. The van der Waals surface area contributed by atoms with Crippen molar-refractivity contribution in [3.8, 4) is 11.5 Å². The van der Waals surface area contributed by atoms with Gasteiger partial charge in [-0.05, 0) is 24.3 Å². The average Bonchev–Trinajstić information content (AvgIpc) is 2.72. The van der Waals surface area contributed by atoms with Crippen molar-refractivity contribution in [1.82, 2.24) is 0 Å². The number of nitrogens with one attached hydrogen (secondary N) is 1. The van der Waals surface area contributed by atoms with Crippen LogP contribution in [0.5, 0.6) is 11.5 Å². The third-order valence-corrected chi connectivity index (χ3v) is 3.49. The van der Waals surface area contributed by atoms with Gasteiger partial charge in [-0.2, -0.15) is 0 Å². The molecule has 5 heteroatoms. The summed E-state index contributed by atoms with van der Waals surface area (Å²) in [5.41, 5.74) is -0.884. The van der Waals surface area contributed by atoms with Gasteiger partial charge in [0, 0.05) is 16.8 Å². The highest BCUT2D eigenvalue weighted by molar-refractivity contribution is 6.07. The molecule has 3 N–H and O–H groups in total. The largest absolute Gasteiger partial charge is 0.508 e. The zero-order valence-corrected chi connectivity index (χ0v) is 10.8. The fraction of sp³-hybridized carbons (Fsp3) is 0.133. The number of hydrogen-bond acceptors (Lipinski definition) is 4. The highest BCUT2D eigenvalue weighted by Gasteiger charge is 2.48. The molecule has 0 spiro atoms. The number of aromatic hydroxyl groups is 1. The van der Waals surface area contributed by atoms with Crippen LogP contribution in [0.4, 0.5) is 5.69 Å². The second-order valence-corrected chi connectivity index (χ2v) is 4.59. The molecule has 0 saturated carbocycles. The maximum atomic E-state index is 12.2. The topological polar surface area (TPSA) is 78.8 Å². The van der Waals surface area contributed by atoms with Crippen LogP contribution in [0.1, 0.15) is 11.1 Å². The molecule has 2 aromatic rings. The van der Waals surface area contributed by atoms with Gasteiger partial charge in [0.05, 0.1) is 7.11 Å². The van der Waals surface area contributed by atoms with E-state index in [-0.39, 0.29) is 11.3 Å². The van der Waals surface area contributed by atoms with Crippen molar-refractivity contribution in [1.29, 1.82) is 0 Å². The molecule has 5 nitrogen and oxygen atoms in total. The van der Waals surface area contributed by atoms with Gasteiger partial charge in [0.15, 0.2) is 5.60 Å². The van der Waals surface area contributed by atoms with Crippen molar-refractivity contribution in [3.05, 3.63) is 53.6 Å². The number of phenolic OH excluding ortho intramolecular Hbond substituents is 1. The molecule has 0 radical (unpaired) electrons. The number of rotatable bonds is 2. The normalized spacial score (nSPS) is 20.4. The fourth-order valence-electron chi connectivity index (χ4n) is 2.44. The Balaban J connectivity index is 2.25. The van der Waals surface area contributed by atoms with E-state index in [2.05, 4.69) is 5.32 Å². The molecule has 1 aliphatic heterocycles. The van der Waals surface area contributed by atoms with Gasteiger partial charge in [0.2, 0.25) is 0 Å². The van der Waals surface area contributed by atoms with Crippen LogP contribution in [-0.2, 0) is 10.4 Å². The maximum absolute atomic E-state index is 12.2. The van der Waals surface area contributed by atoms with E-state index >= 15 is 0 Å². The molecule has 2 aromatic carbocycles. The lowest BCUT2D eigenvalue weighted by Gasteiger charge is -2.22. The van der Waals surface area contributed by atoms with E-state index in [0.29, 0.717) is 17.0 Å². The summed E-state index contributed by atoms with van der Waals surface area (Å²) < 4.78 is 5.08. The Hall–Kier alpha value is -2.53. The number of fused-ring (bicyclic) bond motifs is 1. The summed E-state index contributed by atoms with van der Waals surface area (Å²) in [6.07, 6.45) is 0. The monoisotopic (exact) mass is 271 g/mol. The second kappa shape index (κ2) is 4.25. The number of benzene rings is 2. The number of carbonyl (C=O) groups is 1. The van der Waals surface area contributed by atoms with E-state index in [1.165, 1.54) is 19.2 Å². The van der Waals surface area contributed by atoms with E-state index in [1.807, 2.05) is 0 Å². The molecule has 0 saturated heterocycles. The van der Waals surface area contributed by atoms with Crippen molar-refractivity contribution >= 4 is 11.6 Å². The fourth-order valence-corrected chi connectivity index (χ4v) is 2.44. The second-order valence-electron chi connectivity index (χ2n) is 4.59. The Kier molecular flexibility index (Phi) is 2.65. The minimum atomic E-state index is -1.92. The number of amides is 1. The molecule has 102 valence electrons. The lowest BCUT2D eigenvalue weighted by Crippen LogP contribution is -2.35. The van der Waals surface area contributed by atoms with Crippen molar-refractivity contribution in [3.63, 3.8) is 0 Å². The van der Waals surface area contributed by atoms with Crippen LogP contribution in [0.15, 0.2) is 42.5 Å². The summed E-state index contributed by atoms with van der Waals surface area (Å²) in [6, 6.07) is 11.2. The van der Waals surface area contributed by atoms with Gasteiger partial charge in [-0.15, -0.1) is 0 Å². The van der Waals surface area contributed by atoms with Gasteiger partial charge in [0.1, 0.15) is 11.5 Å². The van der Waals surface area contributed by atoms with Crippen LogP contribution in [0.2, 0.25) is 0 Å². The van der Waals surface area contributed by atoms with E-state index < -0.39 is 11.5 Å². The zero-order valence-electron chi connectivity index (χ0n) is 10.8. The Morgan fingerprint density at radius 3 is 2.65 bits per heavy atom. The first-order valence-corrected chi connectivity index (χ1v) is 6.08. The summed E-state index contributed by atoms with van der Waals surface area (Å²) >= 11 is 0. The number of hydrogen-bond donors (Lipinski definition) is 3. The molecule has 0 aliphatic carbocycles. The van der Waals surface area contributed by atoms with E-state index in [0.717, 1.165) is 0 Å². The summed E-state index contributed by atoms with van der Waals surface area (Å²) in [5.74, 6) is -0.314. The quantitative estimate of drug-likeness (QED) is 0.775. The lowest BCUT2D eigenvalue weighted by molar-refractivity contribution is -0.129. The van der Waals surface area contributed by atoms with Gasteiger partial charge in [-0.3, -0.25) is 4.79 Å². The van der Waals surface area contributed by atoms with E-state index in [9.17, 15) is 15.0 Å². The smallest absolute Gasteiger partial charge is 0.266 e. The SMILES string of the molecule is COc1ccc(O)c(C2(O)C(=O)Nc3ccccc32)c1. The molecule has 0 bridgehead atoms. The van der Waals surface area contributed by atoms with Crippen LogP contribution in [0.25, 0.3) is 0 Å². The molecule has 3 rings (SSSR count). The average molecular weight is 271 g/mol. The molecule has 1 heterocycles. The number of phenols is 1. The van der Waals surface area contributed by atoms with E-state index in [1.54, 1.807) is 30.3 Å². The number of methoxy groups -OCH3 is 1. The summed E-state index contributed by atoms with van der Waals surface area (Å²) in [4.78, 5) is 12.2. The first kappa shape index (κ1) is 12.5. The van der Waals surface area contributed by atoms with Crippen molar-refractivity contribution in [2.45, 2.75) is 5.60 Å². The number of ether oxygens (including phenoxy) is 1. The Labute approximate surface area is 115 Å². The molecule has 1 unspecified atom stereocenters. The minimum absolute atomic E-state index is 0.0966. The summed E-state index contributed by atoms with van der Waals surface area (Å²) in [7, 11) is 1.48. The lowest BCUT2D eigenvalue weighted by atomic mass is 9.87. The number of aliphatic hydroxyl groups is 1. The van der Waals surface area contributed by atoms with Crippen LogP contribution >= 0.6 is 0 Å². The van der Waals surface area contributed by atoms with Crippen LogP contribution in [0.3, 0.4) is 0 Å². The van der Waals surface area contributed by atoms with Gasteiger partial charge in [0.25, 0.3) is 5.91 Å². The van der Waals surface area contributed by atoms with Crippen molar-refractivity contribution < 1.29 is 19.7 Å². The molecular weight excluding hydrogens is 258 g/mol. The molecule has 20 heavy (non-hydrogen) atoms. The first-order chi connectivity index (χ1) is 9.57. The highest BCUT2D eigenvalue weighted by atomic mass is 16.5. The Morgan fingerprint density at radius 1 is 1.15 bits per heavy atom. The molecule has 0 fully saturated rings. The number of carbonyl (C=O) groups excluding carboxylic acids is 1. The van der Waals surface area contributed by atoms with Crippen LogP contribution in [-0.4, -0.2) is 23.2 Å². The molecular formula is C15H13NO4. The summed E-state index contributed by atoms with van der Waals surface area (Å²) in [6.45, 7) is 0. The highest BCUT2D eigenvalue weighted by Crippen LogP contribution is 2.44. The van der Waals surface area contributed by atoms with Crippen LogP contribution < -0.4 is 10.1 Å². The third-order valence-electron chi connectivity index (χ3n) is 3.49.